The van der Waals surface area contributed by atoms with Crippen molar-refractivity contribution in [2.75, 3.05) is 6.54 Å². The van der Waals surface area contributed by atoms with Crippen LogP contribution in [0.1, 0.15) is 36.0 Å². The molecule has 2 fully saturated rings. The Kier molecular flexibility index (Phi) is 2.98. The Morgan fingerprint density at radius 1 is 1.33 bits per heavy atom. The fourth-order valence-corrected chi connectivity index (χ4v) is 3.60. The Bertz CT molecular complexity index is 458. The molecule has 3 heteroatoms. The molecule has 0 saturated heterocycles. The maximum atomic E-state index is 11.9. The lowest BCUT2D eigenvalue weighted by molar-refractivity contribution is 0.0941. The molecule has 1 aromatic carbocycles. The van der Waals surface area contributed by atoms with E-state index in [4.69, 9.17) is 0 Å². The fourth-order valence-electron chi connectivity index (χ4n) is 3.60. The summed E-state index contributed by atoms with van der Waals surface area (Å²) in [7, 11) is 0. The Labute approximate surface area is 107 Å². The number of amides is 1. The van der Waals surface area contributed by atoms with E-state index in [-0.39, 0.29) is 11.7 Å². The zero-order valence-corrected chi connectivity index (χ0v) is 10.4. The molecular formula is C15H19NO2. The highest BCUT2D eigenvalue weighted by molar-refractivity contribution is 5.94. The average Bonchev–Trinajstić information content (AvgIpc) is 2.98. The maximum absolute atomic E-state index is 11.9. The molecule has 2 N–H and O–H groups in total. The van der Waals surface area contributed by atoms with Gasteiger partial charge in [-0.3, -0.25) is 4.79 Å². The van der Waals surface area contributed by atoms with Gasteiger partial charge < -0.3 is 10.4 Å². The third-order valence-electron chi connectivity index (χ3n) is 4.52. The first-order valence-corrected chi connectivity index (χ1v) is 6.79. The number of hydrogen-bond acceptors (Lipinski definition) is 2. The second-order valence-corrected chi connectivity index (χ2v) is 5.70. The van der Waals surface area contributed by atoms with E-state index in [2.05, 4.69) is 5.32 Å². The van der Waals surface area contributed by atoms with Crippen LogP contribution in [0.5, 0.6) is 5.75 Å². The molecule has 2 saturated carbocycles. The number of carbonyl (C=O) groups excluding carboxylic acids is 1. The smallest absolute Gasteiger partial charge is 0.251 e. The van der Waals surface area contributed by atoms with Crippen molar-refractivity contribution < 1.29 is 9.90 Å². The molecule has 96 valence electrons. The number of hydrogen-bond donors (Lipinski definition) is 2. The summed E-state index contributed by atoms with van der Waals surface area (Å²) in [5.41, 5.74) is 0.540. The maximum Gasteiger partial charge on any atom is 0.251 e. The lowest BCUT2D eigenvalue weighted by Gasteiger charge is -2.21. The molecule has 0 heterocycles. The van der Waals surface area contributed by atoms with Gasteiger partial charge in [0.25, 0.3) is 5.91 Å². The van der Waals surface area contributed by atoms with Gasteiger partial charge in [-0.1, -0.05) is 12.5 Å². The zero-order chi connectivity index (χ0) is 12.5. The number of aromatic hydroxyl groups is 1. The molecule has 2 bridgehead atoms. The molecule has 3 atom stereocenters. The van der Waals surface area contributed by atoms with E-state index in [1.807, 2.05) is 0 Å². The number of phenolic OH excluding ortho intramolecular Hbond substituents is 1. The van der Waals surface area contributed by atoms with Gasteiger partial charge in [-0.05, 0) is 55.2 Å². The lowest BCUT2D eigenvalue weighted by Crippen LogP contribution is -2.31. The van der Waals surface area contributed by atoms with Crippen molar-refractivity contribution in [3.05, 3.63) is 29.8 Å². The van der Waals surface area contributed by atoms with Crippen LogP contribution in [0.3, 0.4) is 0 Å². The first kappa shape index (κ1) is 11.6. The molecule has 0 aromatic heterocycles. The summed E-state index contributed by atoms with van der Waals surface area (Å²) in [6.07, 6.45) is 5.39. The van der Waals surface area contributed by atoms with Crippen molar-refractivity contribution in [2.45, 2.75) is 25.7 Å². The average molecular weight is 245 g/mol. The Hall–Kier alpha value is -1.51. The minimum Gasteiger partial charge on any atom is -0.508 e. The number of benzene rings is 1. The number of nitrogens with one attached hydrogen (secondary N) is 1. The van der Waals surface area contributed by atoms with Gasteiger partial charge in [-0.2, -0.15) is 0 Å². The van der Waals surface area contributed by atoms with E-state index < -0.39 is 0 Å². The van der Waals surface area contributed by atoms with Gasteiger partial charge in [0.1, 0.15) is 5.75 Å². The minimum atomic E-state index is -0.0753. The van der Waals surface area contributed by atoms with Gasteiger partial charge in [0.05, 0.1) is 0 Å². The number of rotatable bonds is 3. The van der Waals surface area contributed by atoms with E-state index in [0.29, 0.717) is 11.5 Å². The second kappa shape index (κ2) is 4.63. The fraction of sp³-hybridized carbons (Fsp3) is 0.533. The van der Waals surface area contributed by atoms with Gasteiger partial charge in [0, 0.05) is 12.1 Å². The monoisotopic (exact) mass is 245 g/mol. The van der Waals surface area contributed by atoms with Gasteiger partial charge in [0.2, 0.25) is 0 Å². The van der Waals surface area contributed by atoms with Gasteiger partial charge >= 0.3 is 0 Å². The van der Waals surface area contributed by atoms with Crippen LogP contribution >= 0.6 is 0 Å². The molecule has 3 unspecified atom stereocenters. The quantitative estimate of drug-likeness (QED) is 0.859. The summed E-state index contributed by atoms with van der Waals surface area (Å²) < 4.78 is 0. The van der Waals surface area contributed by atoms with Crippen LogP contribution in [0, 0.1) is 17.8 Å². The zero-order valence-electron chi connectivity index (χ0n) is 10.4. The van der Waals surface area contributed by atoms with Crippen molar-refractivity contribution in [1.82, 2.24) is 5.32 Å². The molecular weight excluding hydrogens is 226 g/mol. The van der Waals surface area contributed by atoms with Crippen LogP contribution < -0.4 is 5.32 Å². The second-order valence-electron chi connectivity index (χ2n) is 5.70. The molecule has 2 aliphatic rings. The highest BCUT2D eigenvalue weighted by Crippen LogP contribution is 2.47. The molecule has 2 aliphatic carbocycles. The third-order valence-corrected chi connectivity index (χ3v) is 4.52. The van der Waals surface area contributed by atoms with Crippen LogP contribution in [0.15, 0.2) is 24.3 Å². The summed E-state index contributed by atoms with van der Waals surface area (Å²) >= 11 is 0. The Morgan fingerprint density at radius 2 is 2.22 bits per heavy atom. The van der Waals surface area contributed by atoms with Gasteiger partial charge in [-0.15, -0.1) is 0 Å². The van der Waals surface area contributed by atoms with Crippen LogP contribution in [0.2, 0.25) is 0 Å². The van der Waals surface area contributed by atoms with Crippen LogP contribution in [-0.4, -0.2) is 17.6 Å². The summed E-state index contributed by atoms with van der Waals surface area (Å²) in [5.74, 6) is 2.48. The third kappa shape index (κ3) is 2.22. The van der Waals surface area contributed by atoms with Crippen LogP contribution in [0.25, 0.3) is 0 Å². The largest absolute Gasteiger partial charge is 0.508 e. The van der Waals surface area contributed by atoms with E-state index in [1.165, 1.54) is 31.7 Å². The van der Waals surface area contributed by atoms with Crippen molar-refractivity contribution in [2.24, 2.45) is 17.8 Å². The highest BCUT2D eigenvalue weighted by atomic mass is 16.3. The summed E-state index contributed by atoms with van der Waals surface area (Å²) in [6.45, 7) is 0.787. The number of carbonyl (C=O) groups is 1. The number of fused-ring (bicyclic) bond motifs is 2. The van der Waals surface area contributed by atoms with E-state index in [0.717, 1.165) is 18.4 Å². The molecule has 1 aromatic rings. The minimum absolute atomic E-state index is 0.0753. The SMILES string of the molecule is O=C(NCC1CC2CCC1C2)c1cccc(O)c1. The molecule has 3 nitrogen and oxygen atoms in total. The van der Waals surface area contributed by atoms with Crippen LogP contribution in [-0.2, 0) is 0 Å². The first-order valence-electron chi connectivity index (χ1n) is 6.79. The van der Waals surface area contributed by atoms with Gasteiger partial charge in [-0.25, -0.2) is 0 Å². The van der Waals surface area contributed by atoms with E-state index in [1.54, 1.807) is 18.2 Å². The first-order chi connectivity index (χ1) is 8.72. The van der Waals surface area contributed by atoms with Crippen molar-refractivity contribution in [3.8, 4) is 5.75 Å². The summed E-state index contributed by atoms with van der Waals surface area (Å²) in [6, 6.07) is 6.51. The molecule has 0 aliphatic heterocycles. The molecule has 1 amide bonds. The van der Waals surface area contributed by atoms with Crippen molar-refractivity contribution in [3.63, 3.8) is 0 Å². The van der Waals surface area contributed by atoms with Crippen molar-refractivity contribution in [1.29, 1.82) is 0 Å². The van der Waals surface area contributed by atoms with Crippen LogP contribution in [0.4, 0.5) is 0 Å². The lowest BCUT2D eigenvalue weighted by atomic mass is 9.89. The molecule has 18 heavy (non-hydrogen) atoms. The van der Waals surface area contributed by atoms with Crippen molar-refractivity contribution >= 4 is 5.91 Å². The molecule has 0 spiro atoms. The summed E-state index contributed by atoms with van der Waals surface area (Å²) in [4.78, 5) is 11.9. The topological polar surface area (TPSA) is 49.3 Å². The Morgan fingerprint density at radius 3 is 2.89 bits per heavy atom. The predicted octanol–water partition coefficient (Wildman–Crippen LogP) is 2.56. The van der Waals surface area contributed by atoms with Gasteiger partial charge in [0.15, 0.2) is 0 Å². The predicted molar refractivity (Wildman–Crippen MR) is 69.4 cm³/mol. The standard InChI is InChI=1S/C15H19NO2/c17-14-3-1-2-12(8-14)15(18)16-9-13-7-10-4-5-11(13)6-10/h1-3,8,10-11,13,17H,4-7,9H2,(H,16,18). The van der Waals surface area contributed by atoms with E-state index >= 15 is 0 Å². The molecule has 0 radical (unpaired) electrons. The summed E-state index contributed by atoms with van der Waals surface area (Å²) in [5, 5.41) is 12.4. The number of phenols is 1. The Balaban J connectivity index is 1.56. The normalized spacial score (nSPS) is 29.4. The highest BCUT2D eigenvalue weighted by Gasteiger charge is 2.39. The van der Waals surface area contributed by atoms with E-state index in [9.17, 15) is 9.90 Å². The molecule has 3 rings (SSSR count).